The number of nitrogens with zero attached hydrogens (tertiary/aromatic N) is 3. The number of rotatable bonds is 3. The summed E-state index contributed by atoms with van der Waals surface area (Å²) in [5.74, 6) is -0.394. The minimum atomic E-state index is -0.948. The lowest BCUT2D eigenvalue weighted by Crippen LogP contribution is -2.42. The molecule has 0 unspecified atom stereocenters. The SMILES string of the molecule is O=C(O)c1cnn(C2CCN(C(=O)C3CCCCC3)CC2)c1. The van der Waals surface area contributed by atoms with E-state index in [1.807, 2.05) is 4.90 Å². The molecule has 120 valence electrons. The molecule has 2 aliphatic rings. The molecule has 6 nitrogen and oxygen atoms in total. The second-order valence-electron chi connectivity index (χ2n) is 6.41. The Balaban J connectivity index is 1.55. The fourth-order valence-electron chi connectivity index (χ4n) is 3.61. The van der Waals surface area contributed by atoms with Crippen LogP contribution < -0.4 is 0 Å². The molecule has 1 aliphatic heterocycles. The van der Waals surface area contributed by atoms with Gasteiger partial charge < -0.3 is 10.0 Å². The van der Waals surface area contributed by atoms with Gasteiger partial charge in [0, 0.05) is 25.2 Å². The number of likely N-dealkylation sites (tertiary alicyclic amines) is 1. The highest BCUT2D eigenvalue weighted by molar-refractivity contribution is 5.86. The van der Waals surface area contributed by atoms with Crippen LogP contribution in [-0.4, -0.2) is 44.8 Å². The maximum absolute atomic E-state index is 12.5. The summed E-state index contributed by atoms with van der Waals surface area (Å²) in [5, 5.41) is 13.1. The third kappa shape index (κ3) is 3.15. The zero-order valence-electron chi connectivity index (χ0n) is 12.8. The zero-order valence-corrected chi connectivity index (χ0v) is 12.8. The average molecular weight is 305 g/mol. The summed E-state index contributed by atoms with van der Waals surface area (Å²) in [6.07, 6.45) is 10.4. The number of aromatic carboxylic acids is 1. The molecule has 0 aromatic carbocycles. The van der Waals surface area contributed by atoms with E-state index in [9.17, 15) is 9.59 Å². The number of hydrogen-bond acceptors (Lipinski definition) is 3. The molecule has 1 N–H and O–H groups in total. The van der Waals surface area contributed by atoms with Crippen LogP contribution in [0.5, 0.6) is 0 Å². The third-order valence-corrected chi connectivity index (χ3v) is 4.95. The Labute approximate surface area is 130 Å². The quantitative estimate of drug-likeness (QED) is 0.930. The number of piperidine rings is 1. The predicted octanol–water partition coefficient (Wildman–Crippen LogP) is 2.33. The van der Waals surface area contributed by atoms with Crippen LogP contribution >= 0.6 is 0 Å². The van der Waals surface area contributed by atoms with E-state index in [4.69, 9.17) is 5.11 Å². The van der Waals surface area contributed by atoms with Crippen molar-refractivity contribution in [1.82, 2.24) is 14.7 Å². The third-order valence-electron chi connectivity index (χ3n) is 4.95. The fraction of sp³-hybridized carbons (Fsp3) is 0.688. The van der Waals surface area contributed by atoms with Crippen molar-refractivity contribution in [2.45, 2.75) is 51.0 Å². The van der Waals surface area contributed by atoms with Crippen LogP contribution in [0.4, 0.5) is 0 Å². The van der Waals surface area contributed by atoms with Crippen LogP contribution in [-0.2, 0) is 4.79 Å². The maximum Gasteiger partial charge on any atom is 0.338 e. The molecule has 0 spiro atoms. The fourth-order valence-corrected chi connectivity index (χ4v) is 3.61. The second-order valence-corrected chi connectivity index (χ2v) is 6.41. The number of carboxylic acids is 1. The second kappa shape index (κ2) is 6.50. The van der Waals surface area contributed by atoms with Gasteiger partial charge >= 0.3 is 5.97 Å². The lowest BCUT2D eigenvalue weighted by Gasteiger charge is -2.35. The van der Waals surface area contributed by atoms with Crippen molar-refractivity contribution in [3.05, 3.63) is 18.0 Å². The Morgan fingerprint density at radius 2 is 1.77 bits per heavy atom. The van der Waals surface area contributed by atoms with Gasteiger partial charge in [0.05, 0.1) is 17.8 Å². The monoisotopic (exact) mass is 305 g/mol. The van der Waals surface area contributed by atoms with Gasteiger partial charge in [0.15, 0.2) is 0 Å². The highest BCUT2D eigenvalue weighted by atomic mass is 16.4. The number of carbonyl (C=O) groups excluding carboxylic acids is 1. The van der Waals surface area contributed by atoms with E-state index >= 15 is 0 Å². The molecular formula is C16H23N3O3. The summed E-state index contributed by atoms with van der Waals surface area (Å²) < 4.78 is 1.74. The van der Waals surface area contributed by atoms with E-state index in [2.05, 4.69) is 5.10 Å². The summed E-state index contributed by atoms with van der Waals surface area (Å²) >= 11 is 0. The molecule has 1 saturated carbocycles. The van der Waals surface area contributed by atoms with Gasteiger partial charge in [-0.25, -0.2) is 4.79 Å². The van der Waals surface area contributed by atoms with Crippen molar-refractivity contribution in [2.75, 3.05) is 13.1 Å². The number of aromatic nitrogens is 2. The molecular weight excluding hydrogens is 282 g/mol. The summed E-state index contributed by atoms with van der Waals surface area (Å²) in [7, 11) is 0. The predicted molar refractivity (Wildman–Crippen MR) is 80.6 cm³/mol. The van der Waals surface area contributed by atoms with Crippen LogP contribution in [0.25, 0.3) is 0 Å². The first kappa shape index (κ1) is 15.1. The molecule has 0 bridgehead atoms. The average Bonchev–Trinajstić information content (AvgIpc) is 3.05. The molecule has 6 heteroatoms. The molecule has 1 aromatic rings. The van der Waals surface area contributed by atoms with E-state index < -0.39 is 5.97 Å². The van der Waals surface area contributed by atoms with Gasteiger partial charge in [-0.15, -0.1) is 0 Å². The summed E-state index contributed by atoms with van der Waals surface area (Å²) in [4.78, 5) is 25.4. The number of carbonyl (C=O) groups is 2. The van der Waals surface area contributed by atoms with Gasteiger partial charge in [-0.05, 0) is 25.7 Å². The van der Waals surface area contributed by atoms with Crippen molar-refractivity contribution >= 4 is 11.9 Å². The number of hydrogen-bond donors (Lipinski definition) is 1. The van der Waals surface area contributed by atoms with Gasteiger partial charge in [-0.3, -0.25) is 9.48 Å². The van der Waals surface area contributed by atoms with Crippen LogP contribution in [0, 0.1) is 5.92 Å². The molecule has 2 fully saturated rings. The highest BCUT2D eigenvalue weighted by Crippen LogP contribution is 2.28. The Hall–Kier alpha value is -1.85. The highest BCUT2D eigenvalue weighted by Gasteiger charge is 2.29. The lowest BCUT2D eigenvalue weighted by molar-refractivity contribution is -0.137. The van der Waals surface area contributed by atoms with Crippen molar-refractivity contribution in [3.63, 3.8) is 0 Å². The molecule has 22 heavy (non-hydrogen) atoms. The van der Waals surface area contributed by atoms with Crippen LogP contribution in [0.2, 0.25) is 0 Å². The minimum Gasteiger partial charge on any atom is -0.478 e. The van der Waals surface area contributed by atoms with Crippen LogP contribution in [0.1, 0.15) is 61.3 Å². The minimum absolute atomic E-state index is 0.198. The number of carboxylic acid groups (broad SMARTS) is 1. The maximum atomic E-state index is 12.5. The van der Waals surface area contributed by atoms with Crippen molar-refractivity contribution in [2.24, 2.45) is 5.92 Å². The largest absolute Gasteiger partial charge is 0.478 e. The van der Waals surface area contributed by atoms with Gasteiger partial charge in [0.2, 0.25) is 5.91 Å². The van der Waals surface area contributed by atoms with Crippen molar-refractivity contribution < 1.29 is 14.7 Å². The van der Waals surface area contributed by atoms with E-state index in [1.165, 1.54) is 25.5 Å². The van der Waals surface area contributed by atoms with E-state index in [1.54, 1.807) is 10.9 Å². The number of amides is 1. The smallest absolute Gasteiger partial charge is 0.338 e. The first-order chi connectivity index (χ1) is 10.6. The topological polar surface area (TPSA) is 75.4 Å². The Morgan fingerprint density at radius 1 is 1.09 bits per heavy atom. The zero-order chi connectivity index (χ0) is 15.5. The van der Waals surface area contributed by atoms with Crippen LogP contribution in [0.15, 0.2) is 12.4 Å². The molecule has 1 saturated heterocycles. The summed E-state index contributed by atoms with van der Waals surface area (Å²) in [6, 6.07) is 0.198. The summed E-state index contributed by atoms with van der Waals surface area (Å²) in [5.41, 5.74) is 0.223. The first-order valence-electron chi connectivity index (χ1n) is 8.21. The Morgan fingerprint density at radius 3 is 2.36 bits per heavy atom. The van der Waals surface area contributed by atoms with Gasteiger partial charge in [0.1, 0.15) is 0 Å². The van der Waals surface area contributed by atoms with Crippen molar-refractivity contribution in [3.8, 4) is 0 Å². The van der Waals surface area contributed by atoms with E-state index in [0.717, 1.165) is 38.8 Å². The van der Waals surface area contributed by atoms with Gasteiger partial charge in [0.25, 0.3) is 0 Å². The standard InChI is InChI=1S/C16H23N3O3/c20-15(12-4-2-1-3-5-12)18-8-6-14(7-9-18)19-11-13(10-17-19)16(21)22/h10-12,14H,1-9H2,(H,21,22). The first-order valence-corrected chi connectivity index (χ1v) is 8.21. The van der Waals surface area contributed by atoms with Gasteiger partial charge in [-0.1, -0.05) is 19.3 Å². The summed E-state index contributed by atoms with van der Waals surface area (Å²) in [6.45, 7) is 1.50. The van der Waals surface area contributed by atoms with E-state index in [0.29, 0.717) is 5.91 Å². The van der Waals surface area contributed by atoms with Crippen molar-refractivity contribution in [1.29, 1.82) is 0 Å². The molecule has 1 amide bonds. The van der Waals surface area contributed by atoms with Crippen LogP contribution in [0.3, 0.4) is 0 Å². The molecule has 1 aromatic heterocycles. The molecule has 0 radical (unpaired) electrons. The molecule has 1 aliphatic carbocycles. The Bertz CT molecular complexity index is 541. The Kier molecular flexibility index (Phi) is 4.45. The van der Waals surface area contributed by atoms with E-state index in [-0.39, 0.29) is 17.5 Å². The normalized spacial score (nSPS) is 21.0. The molecule has 3 rings (SSSR count). The lowest BCUT2D eigenvalue weighted by atomic mass is 9.87. The van der Waals surface area contributed by atoms with Gasteiger partial charge in [-0.2, -0.15) is 5.10 Å². The molecule has 2 heterocycles. The molecule has 0 atom stereocenters.